The van der Waals surface area contributed by atoms with E-state index in [4.69, 9.17) is 22.1 Å². The van der Waals surface area contributed by atoms with Gasteiger partial charge in [0.15, 0.2) is 6.79 Å². The van der Waals surface area contributed by atoms with Gasteiger partial charge in [0, 0.05) is 17.8 Å². The highest BCUT2D eigenvalue weighted by Crippen LogP contribution is 2.18. The Morgan fingerprint density at radius 3 is 2.93 bits per heavy atom. The maximum Gasteiger partial charge on any atom is 0.342 e. The number of rotatable bonds is 3. The molecule has 1 rings (SSSR count). The Bertz CT molecular complexity index is 341. The number of esters is 1. The minimum absolute atomic E-state index is 0.106. The van der Waals surface area contributed by atoms with E-state index < -0.39 is 5.97 Å². The minimum Gasteiger partial charge on any atom is -0.435 e. The number of carbonyl (C=O) groups is 1. The Kier molecular flexibility index (Phi) is 3.73. The second-order valence-corrected chi connectivity index (χ2v) is 3.01. The van der Waals surface area contributed by atoms with E-state index in [1.165, 1.54) is 13.2 Å². The molecule has 0 atom stereocenters. The van der Waals surface area contributed by atoms with E-state index >= 15 is 0 Å². The van der Waals surface area contributed by atoms with Crippen molar-refractivity contribution >= 4 is 23.3 Å². The van der Waals surface area contributed by atoms with E-state index in [0.717, 1.165) is 0 Å². The monoisotopic (exact) mass is 215 g/mol. The number of nitrogen functional groups attached to an aromatic ring is 1. The summed E-state index contributed by atoms with van der Waals surface area (Å²) in [5.41, 5.74) is 6.14. The number of benzene rings is 1. The van der Waals surface area contributed by atoms with Gasteiger partial charge in [-0.1, -0.05) is 11.6 Å². The second-order valence-electron chi connectivity index (χ2n) is 2.57. The molecule has 2 N–H and O–H groups in total. The Balaban J connectivity index is 2.83. The van der Waals surface area contributed by atoms with Crippen molar-refractivity contribution in [3.05, 3.63) is 28.8 Å². The molecule has 0 saturated heterocycles. The van der Waals surface area contributed by atoms with Crippen LogP contribution in [-0.2, 0) is 9.47 Å². The molecule has 1 aromatic rings. The number of carbonyl (C=O) groups excluding carboxylic acids is 1. The van der Waals surface area contributed by atoms with E-state index in [9.17, 15) is 4.79 Å². The lowest BCUT2D eigenvalue weighted by Gasteiger charge is -2.05. The van der Waals surface area contributed by atoms with Gasteiger partial charge in [-0.25, -0.2) is 4.79 Å². The van der Waals surface area contributed by atoms with Crippen LogP contribution in [0.4, 0.5) is 5.69 Å². The van der Waals surface area contributed by atoms with Crippen LogP contribution >= 0.6 is 11.6 Å². The fourth-order valence-corrected chi connectivity index (χ4v) is 1.07. The highest BCUT2D eigenvalue weighted by atomic mass is 35.5. The first kappa shape index (κ1) is 10.8. The molecule has 0 radical (unpaired) electrons. The van der Waals surface area contributed by atoms with Crippen molar-refractivity contribution < 1.29 is 14.3 Å². The molecule has 0 amide bonds. The average Bonchev–Trinajstić information content (AvgIpc) is 2.18. The third-order valence-corrected chi connectivity index (χ3v) is 1.78. The van der Waals surface area contributed by atoms with Crippen molar-refractivity contribution in [2.24, 2.45) is 0 Å². The summed E-state index contributed by atoms with van der Waals surface area (Å²) in [5.74, 6) is -0.549. The topological polar surface area (TPSA) is 61.5 Å². The number of methoxy groups -OCH3 is 1. The van der Waals surface area contributed by atoms with Crippen molar-refractivity contribution in [2.75, 3.05) is 19.6 Å². The number of hydrogen-bond donors (Lipinski definition) is 1. The van der Waals surface area contributed by atoms with Crippen LogP contribution in [0.5, 0.6) is 0 Å². The van der Waals surface area contributed by atoms with Crippen LogP contribution < -0.4 is 5.73 Å². The molecular weight excluding hydrogens is 206 g/mol. The molecular formula is C9H10ClNO3. The van der Waals surface area contributed by atoms with Crippen LogP contribution in [0, 0.1) is 0 Å². The molecule has 14 heavy (non-hydrogen) atoms. The number of ether oxygens (including phenoxy) is 2. The fourth-order valence-electron chi connectivity index (χ4n) is 0.895. The summed E-state index contributed by atoms with van der Waals surface area (Å²) in [7, 11) is 1.43. The molecule has 0 aliphatic rings. The van der Waals surface area contributed by atoms with Gasteiger partial charge in [0.25, 0.3) is 0 Å². The molecule has 0 unspecified atom stereocenters. The SMILES string of the molecule is COCOC(=O)c1cc(Cl)ccc1N. The number of nitrogens with two attached hydrogens (primary N) is 1. The quantitative estimate of drug-likeness (QED) is 0.474. The van der Waals surface area contributed by atoms with Crippen molar-refractivity contribution in [2.45, 2.75) is 0 Å². The molecule has 5 heteroatoms. The maximum absolute atomic E-state index is 11.3. The number of anilines is 1. The van der Waals surface area contributed by atoms with Gasteiger partial charge in [-0.05, 0) is 18.2 Å². The Morgan fingerprint density at radius 1 is 1.57 bits per heavy atom. The Hall–Kier alpha value is -1.26. The first-order valence-electron chi connectivity index (χ1n) is 3.86. The predicted molar refractivity (Wildman–Crippen MR) is 53.2 cm³/mol. The van der Waals surface area contributed by atoms with Crippen LogP contribution in [0.25, 0.3) is 0 Å². The molecule has 0 aliphatic carbocycles. The molecule has 0 spiro atoms. The molecule has 0 heterocycles. The van der Waals surface area contributed by atoms with Gasteiger partial charge in [-0.15, -0.1) is 0 Å². The van der Waals surface area contributed by atoms with Gasteiger partial charge in [0.05, 0.1) is 5.56 Å². The molecule has 0 saturated carbocycles. The van der Waals surface area contributed by atoms with Crippen LogP contribution in [0.15, 0.2) is 18.2 Å². The minimum atomic E-state index is -0.549. The van der Waals surface area contributed by atoms with Gasteiger partial charge in [0.1, 0.15) is 0 Å². The molecule has 1 aromatic carbocycles. The first-order chi connectivity index (χ1) is 6.65. The Morgan fingerprint density at radius 2 is 2.29 bits per heavy atom. The molecule has 0 fully saturated rings. The van der Waals surface area contributed by atoms with Crippen LogP contribution in [0.1, 0.15) is 10.4 Å². The van der Waals surface area contributed by atoms with Crippen molar-refractivity contribution in [3.63, 3.8) is 0 Å². The van der Waals surface area contributed by atoms with Gasteiger partial charge in [-0.3, -0.25) is 0 Å². The summed E-state index contributed by atoms with van der Waals surface area (Å²) in [6, 6.07) is 4.60. The van der Waals surface area contributed by atoms with Crippen LogP contribution in [0.3, 0.4) is 0 Å². The summed E-state index contributed by atoms with van der Waals surface area (Å²) >= 11 is 5.70. The normalized spacial score (nSPS) is 9.86. The predicted octanol–water partition coefficient (Wildman–Crippen LogP) is 1.68. The molecule has 0 aliphatic heterocycles. The van der Waals surface area contributed by atoms with E-state index in [2.05, 4.69) is 4.74 Å². The average molecular weight is 216 g/mol. The second kappa shape index (κ2) is 4.83. The largest absolute Gasteiger partial charge is 0.435 e. The van der Waals surface area contributed by atoms with E-state index in [0.29, 0.717) is 10.7 Å². The summed E-state index contributed by atoms with van der Waals surface area (Å²) in [6.07, 6.45) is 0. The lowest BCUT2D eigenvalue weighted by atomic mass is 10.2. The first-order valence-corrected chi connectivity index (χ1v) is 4.24. The van der Waals surface area contributed by atoms with Crippen molar-refractivity contribution in [3.8, 4) is 0 Å². The van der Waals surface area contributed by atoms with Crippen LogP contribution in [0.2, 0.25) is 5.02 Å². The smallest absolute Gasteiger partial charge is 0.342 e. The zero-order valence-corrected chi connectivity index (χ0v) is 8.38. The fraction of sp³-hybridized carbons (Fsp3) is 0.222. The van der Waals surface area contributed by atoms with Gasteiger partial charge in [0.2, 0.25) is 0 Å². The summed E-state index contributed by atoms with van der Waals surface area (Å²) in [6.45, 7) is -0.106. The zero-order chi connectivity index (χ0) is 10.6. The number of hydrogen-bond acceptors (Lipinski definition) is 4. The van der Waals surface area contributed by atoms with Gasteiger partial charge in [-0.2, -0.15) is 0 Å². The van der Waals surface area contributed by atoms with Crippen LogP contribution in [-0.4, -0.2) is 19.9 Å². The molecule has 0 bridgehead atoms. The van der Waals surface area contributed by atoms with Crippen molar-refractivity contribution in [1.82, 2.24) is 0 Å². The standard InChI is InChI=1S/C9H10ClNO3/c1-13-5-14-9(12)7-4-6(10)2-3-8(7)11/h2-4H,5,11H2,1H3. The highest BCUT2D eigenvalue weighted by molar-refractivity contribution is 6.31. The van der Waals surface area contributed by atoms with E-state index in [1.54, 1.807) is 12.1 Å². The third kappa shape index (κ3) is 2.61. The zero-order valence-electron chi connectivity index (χ0n) is 7.62. The summed E-state index contributed by atoms with van der Waals surface area (Å²) in [4.78, 5) is 11.3. The molecule has 76 valence electrons. The molecule has 0 aromatic heterocycles. The number of halogens is 1. The highest BCUT2D eigenvalue weighted by Gasteiger charge is 2.11. The lowest BCUT2D eigenvalue weighted by molar-refractivity contribution is -0.0124. The van der Waals surface area contributed by atoms with E-state index in [-0.39, 0.29) is 12.4 Å². The third-order valence-electron chi connectivity index (χ3n) is 1.54. The molecule has 4 nitrogen and oxygen atoms in total. The van der Waals surface area contributed by atoms with Gasteiger partial charge >= 0.3 is 5.97 Å². The summed E-state index contributed by atoms with van der Waals surface area (Å²) in [5, 5.41) is 0.434. The Labute approximate surface area is 86.6 Å². The lowest BCUT2D eigenvalue weighted by Crippen LogP contribution is -2.09. The summed E-state index contributed by atoms with van der Waals surface area (Å²) < 4.78 is 9.30. The van der Waals surface area contributed by atoms with Gasteiger partial charge < -0.3 is 15.2 Å². The van der Waals surface area contributed by atoms with Crippen molar-refractivity contribution in [1.29, 1.82) is 0 Å². The maximum atomic E-state index is 11.3. The van der Waals surface area contributed by atoms with E-state index in [1.807, 2.05) is 0 Å².